The summed E-state index contributed by atoms with van der Waals surface area (Å²) in [6.07, 6.45) is 1.14. The van der Waals surface area contributed by atoms with Crippen molar-refractivity contribution in [2.75, 3.05) is 40.1 Å². The number of fused-ring (bicyclic) bond motifs is 3. The van der Waals surface area contributed by atoms with Crippen LogP contribution in [0.15, 0.2) is 6.07 Å². The molecule has 0 aliphatic heterocycles. The molecule has 1 amide bonds. The average molecular weight is 571 g/mol. The zero-order chi connectivity index (χ0) is 30.9. The van der Waals surface area contributed by atoms with Crippen LogP contribution in [0.1, 0.15) is 55.1 Å². The van der Waals surface area contributed by atoms with Gasteiger partial charge in [0, 0.05) is 37.8 Å². The monoisotopic (exact) mass is 570 g/mol. The SMILES string of the molecule is CCC(C)(C)N(C)Cc1cc(O)c2c(c1N(C)C)C[C@H]1C[C@H]3[C@H](N(C)C)C(=O)C(C(N)=O)C(=O)[C@@]3(O)C(=O)C1C2=O. The minimum Gasteiger partial charge on any atom is -0.507 e. The number of aliphatic hydroxyl groups is 1. The van der Waals surface area contributed by atoms with Gasteiger partial charge in [-0.25, -0.2) is 0 Å². The molecule has 2 saturated carbocycles. The van der Waals surface area contributed by atoms with Crippen LogP contribution in [0.3, 0.4) is 0 Å². The third-order valence-electron chi connectivity index (χ3n) is 9.87. The number of phenols is 1. The number of rotatable bonds is 7. The second-order valence-corrected chi connectivity index (χ2v) is 13.0. The number of aromatic hydroxyl groups is 1. The molecule has 41 heavy (non-hydrogen) atoms. The summed E-state index contributed by atoms with van der Waals surface area (Å²) in [5, 5.41) is 22.9. The Morgan fingerprint density at radius 2 is 1.71 bits per heavy atom. The summed E-state index contributed by atoms with van der Waals surface area (Å²) < 4.78 is 0. The van der Waals surface area contributed by atoms with Gasteiger partial charge in [0.1, 0.15) is 5.75 Å². The molecule has 224 valence electrons. The number of phenolic OH excluding ortho intramolecular Hbond substituents is 1. The standard InChI is InChI=1S/C30H42N4O7/c1-9-29(2,3)34(8)13-15-12-18(35)20-16(22(15)32(4)5)10-14-11-17-23(33(6)7)25(37)21(28(31)40)27(39)30(17,41)26(38)19(14)24(20)36/h12,14,17,19,21,23,35,41H,9-11,13H2,1-8H3,(H2,31,40)/t14-,17-,19?,21?,23-,30-/m0/s1. The van der Waals surface area contributed by atoms with Crippen molar-refractivity contribution in [2.45, 2.75) is 63.8 Å². The maximum absolute atomic E-state index is 14.0. The van der Waals surface area contributed by atoms with Crippen LogP contribution in [-0.2, 0) is 32.1 Å². The van der Waals surface area contributed by atoms with E-state index in [0.717, 1.165) is 17.7 Å². The lowest BCUT2D eigenvalue weighted by Crippen LogP contribution is -2.74. The summed E-state index contributed by atoms with van der Waals surface area (Å²) in [7, 11) is 8.84. The zero-order valence-corrected chi connectivity index (χ0v) is 25.1. The first-order valence-electron chi connectivity index (χ1n) is 14.0. The van der Waals surface area contributed by atoms with Crippen molar-refractivity contribution in [3.63, 3.8) is 0 Å². The molecule has 11 heteroatoms. The number of ketones is 4. The van der Waals surface area contributed by atoms with Gasteiger partial charge >= 0.3 is 0 Å². The molecule has 0 bridgehead atoms. The molecule has 3 aliphatic rings. The van der Waals surface area contributed by atoms with Crippen LogP contribution in [0.25, 0.3) is 0 Å². The fourth-order valence-corrected chi connectivity index (χ4v) is 7.15. The van der Waals surface area contributed by atoms with Crippen LogP contribution < -0.4 is 10.6 Å². The molecule has 0 heterocycles. The topological polar surface area (TPSA) is 162 Å². The van der Waals surface area contributed by atoms with Crippen molar-refractivity contribution < 1.29 is 34.2 Å². The highest BCUT2D eigenvalue weighted by Crippen LogP contribution is 2.52. The number of nitrogens with zero attached hydrogens (tertiary/aromatic N) is 3. The van der Waals surface area contributed by atoms with Crippen LogP contribution in [0, 0.1) is 23.7 Å². The van der Waals surface area contributed by atoms with Crippen LogP contribution >= 0.6 is 0 Å². The Morgan fingerprint density at radius 1 is 1.10 bits per heavy atom. The molecule has 11 nitrogen and oxygen atoms in total. The van der Waals surface area contributed by atoms with Gasteiger partial charge in [0.05, 0.1) is 17.5 Å². The molecule has 1 aromatic rings. The van der Waals surface area contributed by atoms with Crippen molar-refractivity contribution in [3.8, 4) is 5.75 Å². The quantitative estimate of drug-likeness (QED) is 0.395. The van der Waals surface area contributed by atoms with Crippen LogP contribution in [-0.4, -0.2) is 101 Å². The van der Waals surface area contributed by atoms with E-state index < -0.39 is 64.4 Å². The van der Waals surface area contributed by atoms with Crippen molar-refractivity contribution >= 4 is 34.7 Å². The van der Waals surface area contributed by atoms with E-state index >= 15 is 0 Å². The van der Waals surface area contributed by atoms with Gasteiger partial charge in [-0.2, -0.15) is 0 Å². The van der Waals surface area contributed by atoms with Crippen molar-refractivity contribution in [1.29, 1.82) is 0 Å². The van der Waals surface area contributed by atoms with E-state index in [1.165, 1.54) is 4.90 Å². The maximum atomic E-state index is 14.0. The number of hydrogen-bond donors (Lipinski definition) is 3. The van der Waals surface area contributed by atoms with Gasteiger partial charge in [-0.1, -0.05) is 6.92 Å². The van der Waals surface area contributed by atoms with E-state index in [0.29, 0.717) is 12.1 Å². The number of benzene rings is 1. The number of primary amides is 1. The molecule has 3 aliphatic carbocycles. The molecule has 0 saturated heterocycles. The molecule has 0 radical (unpaired) electrons. The highest BCUT2D eigenvalue weighted by atomic mass is 16.3. The molecule has 6 atom stereocenters. The number of nitrogens with two attached hydrogens (primary N) is 1. The second kappa shape index (κ2) is 10.3. The summed E-state index contributed by atoms with van der Waals surface area (Å²) in [5.74, 6) is -10.4. The first-order valence-corrected chi connectivity index (χ1v) is 14.0. The Kier molecular flexibility index (Phi) is 7.73. The molecule has 0 aromatic heterocycles. The summed E-state index contributed by atoms with van der Waals surface area (Å²) >= 11 is 0. The van der Waals surface area contributed by atoms with Gasteiger partial charge in [-0.05, 0) is 77.4 Å². The van der Waals surface area contributed by atoms with Gasteiger partial charge in [-0.3, -0.25) is 33.8 Å². The highest BCUT2D eigenvalue weighted by Gasteiger charge is 2.69. The first kappa shape index (κ1) is 30.8. The summed E-state index contributed by atoms with van der Waals surface area (Å²) in [5.41, 5.74) is 4.71. The number of amides is 1. The molecular formula is C30H42N4O7. The van der Waals surface area contributed by atoms with E-state index in [1.54, 1.807) is 20.2 Å². The predicted molar refractivity (Wildman–Crippen MR) is 152 cm³/mol. The Morgan fingerprint density at radius 3 is 2.22 bits per heavy atom. The summed E-state index contributed by atoms with van der Waals surface area (Å²) in [6.45, 7) is 6.85. The second-order valence-electron chi connectivity index (χ2n) is 13.0. The Labute approximate surface area is 240 Å². The Balaban J connectivity index is 1.86. The first-order chi connectivity index (χ1) is 18.9. The minimum atomic E-state index is -2.73. The summed E-state index contributed by atoms with van der Waals surface area (Å²) in [6, 6.07) is 0.421. The smallest absolute Gasteiger partial charge is 0.235 e. The lowest BCUT2D eigenvalue weighted by Gasteiger charge is -2.52. The van der Waals surface area contributed by atoms with E-state index in [4.69, 9.17) is 5.73 Å². The number of carbonyl (C=O) groups excluding carboxylic acids is 5. The zero-order valence-electron chi connectivity index (χ0n) is 25.1. The number of Topliss-reactive ketones (excluding diaryl/α,β-unsaturated/α-hetero) is 4. The number of anilines is 1. The largest absolute Gasteiger partial charge is 0.507 e. The van der Waals surface area contributed by atoms with E-state index in [2.05, 4.69) is 25.7 Å². The molecule has 2 unspecified atom stereocenters. The molecule has 4 N–H and O–H groups in total. The van der Waals surface area contributed by atoms with Gasteiger partial charge in [0.15, 0.2) is 34.7 Å². The summed E-state index contributed by atoms with van der Waals surface area (Å²) in [4.78, 5) is 72.4. The average Bonchev–Trinajstić information content (AvgIpc) is 2.85. The Hall–Kier alpha value is -3.15. The number of likely N-dealkylation sites (N-methyl/N-ethyl adjacent to an activating group) is 1. The van der Waals surface area contributed by atoms with E-state index in [-0.39, 0.29) is 29.7 Å². The molecular weight excluding hydrogens is 528 g/mol. The highest BCUT2D eigenvalue weighted by molar-refractivity contribution is 6.32. The maximum Gasteiger partial charge on any atom is 0.235 e. The van der Waals surface area contributed by atoms with Gasteiger partial charge < -0.3 is 20.8 Å². The van der Waals surface area contributed by atoms with Crippen molar-refractivity contribution in [1.82, 2.24) is 9.80 Å². The molecule has 2 fully saturated rings. The number of hydrogen-bond acceptors (Lipinski definition) is 10. The normalized spacial score (nSPS) is 29.9. The lowest BCUT2D eigenvalue weighted by atomic mass is 9.52. The minimum absolute atomic E-state index is 0.00134. The van der Waals surface area contributed by atoms with Crippen molar-refractivity contribution in [2.24, 2.45) is 29.4 Å². The van der Waals surface area contributed by atoms with Gasteiger partial charge in [0.25, 0.3) is 0 Å². The van der Waals surface area contributed by atoms with Crippen LogP contribution in [0.2, 0.25) is 0 Å². The van der Waals surface area contributed by atoms with Gasteiger partial charge in [0.2, 0.25) is 5.91 Å². The Bertz CT molecular complexity index is 1340. The van der Waals surface area contributed by atoms with E-state index in [1.807, 2.05) is 26.0 Å². The fraction of sp³-hybridized carbons (Fsp3) is 0.633. The van der Waals surface area contributed by atoms with Gasteiger partial charge in [-0.15, -0.1) is 0 Å². The lowest BCUT2D eigenvalue weighted by molar-refractivity contribution is -0.181. The number of carbonyl (C=O) groups is 5. The third-order valence-corrected chi connectivity index (χ3v) is 9.87. The van der Waals surface area contributed by atoms with Crippen LogP contribution in [0.5, 0.6) is 5.75 Å². The van der Waals surface area contributed by atoms with Crippen molar-refractivity contribution in [3.05, 3.63) is 22.8 Å². The fourth-order valence-electron chi connectivity index (χ4n) is 7.15. The molecule has 4 rings (SSSR count). The third kappa shape index (κ3) is 4.49. The molecule has 1 aromatic carbocycles. The van der Waals surface area contributed by atoms with E-state index in [9.17, 15) is 34.2 Å². The predicted octanol–water partition coefficient (Wildman–Crippen LogP) is 0.553. The van der Waals surface area contributed by atoms with Crippen LogP contribution in [0.4, 0.5) is 5.69 Å². The molecule has 0 spiro atoms.